The van der Waals surface area contributed by atoms with E-state index in [4.69, 9.17) is 34.8 Å². The van der Waals surface area contributed by atoms with Gasteiger partial charge in [-0.2, -0.15) is 22.0 Å². The van der Waals surface area contributed by atoms with E-state index in [9.17, 15) is 41.1 Å². The second kappa shape index (κ2) is 14.1. The van der Waals surface area contributed by atoms with Crippen molar-refractivity contribution in [3.8, 4) is 0 Å². The van der Waals surface area contributed by atoms with Crippen LogP contribution < -0.4 is 16.0 Å². The van der Waals surface area contributed by atoms with E-state index in [1.807, 2.05) is 0 Å². The van der Waals surface area contributed by atoms with Crippen LogP contribution in [0, 0.1) is 5.92 Å². The molecule has 0 radical (unpaired) electrons. The van der Waals surface area contributed by atoms with Crippen molar-refractivity contribution >= 4 is 64.4 Å². The number of amides is 3. The van der Waals surface area contributed by atoms with Crippen molar-refractivity contribution in [2.75, 3.05) is 6.54 Å². The van der Waals surface area contributed by atoms with Crippen molar-refractivity contribution in [3.63, 3.8) is 0 Å². The predicted molar refractivity (Wildman–Crippen MR) is 144 cm³/mol. The molecule has 15 heteroatoms. The second-order valence-corrected chi connectivity index (χ2v) is 10.2. The van der Waals surface area contributed by atoms with E-state index in [-0.39, 0.29) is 20.6 Å². The zero-order chi connectivity index (χ0) is 31.1. The molecule has 2 aromatic rings. The Bertz CT molecular complexity index is 1320. The van der Waals surface area contributed by atoms with Gasteiger partial charge in [0.15, 0.2) is 0 Å². The van der Waals surface area contributed by atoms with Gasteiger partial charge >= 0.3 is 12.1 Å². The van der Waals surface area contributed by atoms with Crippen LogP contribution in [0.2, 0.25) is 15.1 Å². The maximum Gasteiger partial charge on any atom is 0.405 e. The Morgan fingerprint density at radius 2 is 1.49 bits per heavy atom. The van der Waals surface area contributed by atoms with Gasteiger partial charge in [-0.3, -0.25) is 19.2 Å². The molecule has 0 fully saturated rings. The van der Waals surface area contributed by atoms with Crippen molar-refractivity contribution < 1.29 is 41.1 Å². The third kappa shape index (κ3) is 9.98. The molecule has 3 amide bonds. The fourth-order valence-corrected chi connectivity index (χ4v) is 3.74. The molecular weight excluding hydrogens is 620 g/mol. The topological polar surface area (TPSA) is 104 Å². The quantitative estimate of drug-likeness (QED) is 0.170. The Kier molecular flexibility index (Phi) is 11.7. The SMILES string of the molecule is CC(C)C(NC(=O)C(NC(=O)/C=C/c1ccc(Cl)c(Cl)c1)c1ccc(Cl)cc1)C(=O)C(F)(F)C(=O)NCC(F)(F)F. The number of ketones is 1. The molecule has 0 aliphatic rings. The number of alkyl halides is 5. The van der Waals surface area contributed by atoms with Gasteiger partial charge in [0.25, 0.3) is 5.91 Å². The lowest BCUT2D eigenvalue weighted by molar-refractivity contribution is -0.165. The lowest BCUT2D eigenvalue weighted by Gasteiger charge is -2.27. The predicted octanol–water partition coefficient (Wildman–Crippen LogP) is 5.54. The van der Waals surface area contributed by atoms with E-state index < -0.39 is 60.1 Å². The smallest absolute Gasteiger partial charge is 0.344 e. The zero-order valence-electron chi connectivity index (χ0n) is 21.3. The third-order valence-corrected chi connectivity index (χ3v) is 6.40. The number of carbonyl (C=O) groups excluding carboxylic acids is 4. The monoisotopic (exact) mass is 641 g/mol. The summed E-state index contributed by atoms with van der Waals surface area (Å²) in [6.45, 7) is 0.443. The van der Waals surface area contributed by atoms with Crippen LogP contribution in [0.1, 0.15) is 31.0 Å². The molecule has 7 nitrogen and oxygen atoms in total. The molecule has 0 saturated carbocycles. The van der Waals surface area contributed by atoms with Gasteiger partial charge in [-0.05, 0) is 47.4 Å². The molecule has 0 heterocycles. The highest BCUT2D eigenvalue weighted by Crippen LogP contribution is 2.25. The molecule has 0 spiro atoms. The molecule has 0 aliphatic carbocycles. The van der Waals surface area contributed by atoms with Gasteiger partial charge in [-0.15, -0.1) is 0 Å². The molecule has 2 unspecified atom stereocenters. The van der Waals surface area contributed by atoms with E-state index in [0.717, 1.165) is 11.4 Å². The maximum absolute atomic E-state index is 14.5. The Morgan fingerprint density at radius 3 is 2.02 bits per heavy atom. The van der Waals surface area contributed by atoms with Crippen LogP contribution in [0.15, 0.2) is 48.5 Å². The van der Waals surface area contributed by atoms with E-state index in [2.05, 4.69) is 10.6 Å². The Hall–Kier alpha value is -3.22. The summed E-state index contributed by atoms with van der Waals surface area (Å²) in [6.07, 6.45) is -2.59. The normalized spacial score (nSPS) is 13.5. The summed E-state index contributed by atoms with van der Waals surface area (Å²) in [4.78, 5) is 50.3. The highest BCUT2D eigenvalue weighted by atomic mass is 35.5. The van der Waals surface area contributed by atoms with Crippen molar-refractivity contribution in [2.45, 2.75) is 38.0 Å². The van der Waals surface area contributed by atoms with Crippen molar-refractivity contribution in [3.05, 3.63) is 74.7 Å². The van der Waals surface area contributed by atoms with Gasteiger partial charge in [0, 0.05) is 11.1 Å². The summed E-state index contributed by atoms with van der Waals surface area (Å²) < 4.78 is 66.2. The maximum atomic E-state index is 14.5. The lowest BCUT2D eigenvalue weighted by Crippen LogP contribution is -2.58. The summed E-state index contributed by atoms with van der Waals surface area (Å²) in [5.74, 6) is -12.5. The van der Waals surface area contributed by atoms with Crippen LogP contribution in [-0.4, -0.2) is 48.2 Å². The third-order valence-electron chi connectivity index (χ3n) is 5.41. The van der Waals surface area contributed by atoms with Gasteiger partial charge in [0.2, 0.25) is 17.6 Å². The molecule has 2 aromatic carbocycles. The fourth-order valence-electron chi connectivity index (χ4n) is 3.30. The van der Waals surface area contributed by atoms with Crippen LogP contribution in [0.4, 0.5) is 22.0 Å². The number of halogens is 8. The van der Waals surface area contributed by atoms with Crippen LogP contribution in [0.3, 0.4) is 0 Å². The molecule has 0 aromatic heterocycles. The number of benzene rings is 2. The van der Waals surface area contributed by atoms with Gasteiger partial charge in [-0.25, -0.2) is 0 Å². The molecular formula is C26H23Cl3F5N3O4. The second-order valence-electron chi connectivity index (χ2n) is 8.97. The first-order valence-electron chi connectivity index (χ1n) is 11.7. The van der Waals surface area contributed by atoms with E-state index in [1.165, 1.54) is 56.3 Å². The van der Waals surface area contributed by atoms with Crippen LogP contribution in [-0.2, 0) is 19.2 Å². The number of carbonyl (C=O) groups is 4. The van der Waals surface area contributed by atoms with Gasteiger partial charge < -0.3 is 16.0 Å². The van der Waals surface area contributed by atoms with E-state index >= 15 is 0 Å². The van der Waals surface area contributed by atoms with Crippen molar-refractivity contribution in [1.29, 1.82) is 0 Å². The zero-order valence-corrected chi connectivity index (χ0v) is 23.6. The summed E-state index contributed by atoms with van der Waals surface area (Å²) in [7, 11) is 0. The first-order valence-corrected chi connectivity index (χ1v) is 12.8. The van der Waals surface area contributed by atoms with E-state index in [0.29, 0.717) is 5.56 Å². The first-order chi connectivity index (χ1) is 18.9. The largest absolute Gasteiger partial charge is 0.405 e. The first kappa shape index (κ1) is 34.0. The van der Waals surface area contributed by atoms with Crippen LogP contribution in [0.25, 0.3) is 6.08 Å². The van der Waals surface area contributed by atoms with Gasteiger partial charge in [-0.1, -0.05) is 66.8 Å². The van der Waals surface area contributed by atoms with Crippen molar-refractivity contribution in [1.82, 2.24) is 16.0 Å². The molecule has 0 saturated heterocycles. The molecule has 2 atom stereocenters. The molecule has 222 valence electrons. The number of hydrogen-bond acceptors (Lipinski definition) is 4. The summed E-state index contributed by atoms with van der Waals surface area (Å²) in [5.41, 5.74) is 0.631. The molecule has 41 heavy (non-hydrogen) atoms. The van der Waals surface area contributed by atoms with Crippen LogP contribution >= 0.6 is 34.8 Å². The Labute approximate surface area is 246 Å². The Morgan fingerprint density at radius 1 is 0.878 bits per heavy atom. The Balaban J connectivity index is 2.30. The average molecular weight is 643 g/mol. The fraction of sp³-hybridized carbons (Fsp3) is 0.308. The molecule has 3 N–H and O–H groups in total. The molecule has 2 rings (SSSR count). The summed E-state index contributed by atoms with van der Waals surface area (Å²) in [6, 6.07) is 6.47. The number of hydrogen-bond donors (Lipinski definition) is 3. The number of rotatable bonds is 11. The van der Waals surface area contributed by atoms with Crippen LogP contribution in [0.5, 0.6) is 0 Å². The van der Waals surface area contributed by atoms with Gasteiger partial charge in [0.1, 0.15) is 12.6 Å². The highest BCUT2D eigenvalue weighted by molar-refractivity contribution is 6.42. The lowest BCUT2D eigenvalue weighted by atomic mass is 9.94. The summed E-state index contributed by atoms with van der Waals surface area (Å²) in [5, 5.41) is 6.22. The minimum absolute atomic E-state index is 0.146. The van der Waals surface area contributed by atoms with Gasteiger partial charge in [0.05, 0.1) is 16.1 Å². The highest BCUT2D eigenvalue weighted by Gasteiger charge is 2.52. The van der Waals surface area contributed by atoms with Crippen molar-refractivity contribution in [2.24, 2.45) is 5.92 Å². The molecule has 0 bridgehead atoms. The minimum atomic E-state index is -5.00. The molecule has 0 aliphatic heterocycles. The minimum Gasteiger partial charge on any atom is -0.344 e. The number of nitrogens with one attached hydrogen (secondary N) is 3. The average Bonchev–Trinajstić information content (AvgIpc) is 2.89. The number of Topliss-reactive ketones (excluding diaryl/α,β-unsaturated/α-hetero) is 1. The standard InChI is InChI=1S/C26H23Cl3F5N3O4/c1-13(2)20(22(39)26(33,34)24(41)35-12-25(30,31)32)37-23(40)21(15-5-7-16(27)8-6-15)36-19(38)10-4-14-3-9-17(28)18(29)11-14/h3-11,13,20-21H,12H2,1-2H3,(H,35,41)(H,36,38)(H,37,40)/b10-4+. The van der Waals surface area contributed by atoms with E-state index in [1.54, 1.807) is 6.07 Å². The summed E-state index contributed by atoms with van der Waals surface area (Å²) >= 11 is 17.7.